The van der Waals surface area contributed by atoms with Crippen LogP contribution in [0.25, 0.3) is 11.5 Å². The van der Waals surface area contributed by atoms with Gasteiger partial charge in [0.15, 0.2) is 17.3 Å². The average molecular weight is 393 g/mol. The molecule has 1 aliphatic rings. The van der Waals surface area contributed by atoms with Gasteiger partial charge in [-0.15, -0.1) is 15.3 Å². The van der Waals surface area contributed by atoms with Crippen LogP contribution in [0.2, 0.25) is 0 Å². The van der Waals surface area contributed by atoms with Crippen molar-refractivity contribution in [2.24, 2.45) is 7.05 Å². The fourth-order valence-electron chi connectivity index (χ4n) is 3.67. The summed E-state index contributed by atoms with van der Waals surface area (Å²) in [7, 11) is 1.46. The summed E-state index contributed by atoms with van der Waals surface area (Å²) in [5.41, 5.74) is -0.0349. The number of nitrogens with zero attached hydrogens (tertiary/aromatic N) is 8. The van der Waals surface area contributed by atoms with Gasteiger partial charge in [-0.1, -0.05) is 0 Å². The second kappa shape index (κ2) is 6.69. The van der Waals surface area contributed by atoms with E-state index in [-0.39, 0.29) is 11.5 Å². The van der Waals surface area contributed by atoms with Crippen molar-refractivity contribution in [1.29, 1.82) is 0 Å². The first-order chi connectivity index (χ1) is 14.1. The van der Waals surface area contributed by atoms with Crippen molar-refractivity contribution < 1.29 is 0 Å². The van der Waals surface area contributed by atoms with E-state index in [2.05, 4.69) is 25.4 Å². The Balaban J connectivity index is 1.39. The number of fused-ring (bicyclic) bond motifs is 1. The van der Waals surface area contributed by atoms with Gasteiger partial charge in [-0.25, -0.2) is 9.48 Å². The molecular formula is C18H19N9O2. The molecule has 5 heterocycles. The summed E-state index contributed by atoms with van der Waals surface area (Å²) in [4.78, 5) is 28.6. The van der Waals surface area contributed by atoms with Crippen LogP contribution in [0.3, 0.4) is 0 Å². The van der Waals surface area contributed by atoms with Crippen LogP contribution in [0.15, 0.2) is 46.2 Å². The lowest BCUT2D eigenvalue weighted by Gasteiger charge is -2.32. The standard InChI is InChI=1S/C18H19N9O2/c1-24-16(28)11-15(20-18(24)29)25-9-5-12(6-10-25)17-22-21-13-3-4-14(23-27(13)17)26-8-2-7-19-26/h2-4,7-8,11-12H,5-6,9-10H2,1H3,(H,20,29). The normalized spacial score (nSPS) is 15.3. The Bertz CT molecular complexity index is 1250. The molecule has 5 rings (SSSR count). The maximum atomic E-state index is 11.9. The van der Waals surface area contributed by atoms with Crippen LogP contribution in [0.1, 0.15) is 24.6 Å². The van der Waals surface area contributed by atoms with Crippen molar-refractivity contribution in [3.63, 3.8) is 0 Å². The lowest BCUT2D eigenvalue weighted by molar-refractivity contribution is 0.473. The Morgan fingerprint density at radius 2 is 1.97 bits per heavy atom. The van der Waals surface area contributed by atoms with E-state index >= 15 is 0 Å². The molecule has 1 saturated heterocycles. The zero-order chi connectivity index (χ0) is 20.0. The molecule has 0 amide bonds. The summed E-state index contributed by atoms with van der Waals surface area (Å²) >= 11 is 0. The number of rotatable bonds is 3. The molecule has 4 aromatic heterocycles. The maximum absolute atomic E-state index is 11.9. The minimum Gasteiger partial charge on any atom is -0.358 e. The quantitative estimate of drug-likeness (QED) is 0.523. The predicted octanol–water partition coefficient (Wildman–Crippen LogP) is 0.0810. The fourth-order valence-corrected chi connectivity index (χ4v) is 3.67. The Labute approximate surface area is 164 Å². The third-order valence-corrected chi connectivity index (χ3v) is 5.34. The highest BCUT2D eigenvalue weighted by Gasteiger charge is 2.26. The van der Waals surface area contributed by atoms with Gasteiger partial charge in [0.1, 0.15) is 5.82 Å². The highest BCUT2D eigenvalue weighted by molar-refractivity contribution is 5.41. The van der Waals surface area contributed by atoms with Gasteiger partial charge in [0.2, 0.25) is 0 Å². The van der Waals surface area contributed by atoms with Crippen LogP contribution in [0.5, 0.6) is 0 Å². The second-order valence-corrected chi connectivity index (χ2v) is 7.09. The first-order valence-electron chi connectivity index (χ1n) is 9.38. The molecule has 1 N–H and O–H groups in total. The Morgan fingerprint density at radius 1 is 1.14 bits per heavy atom. The van der Waals surface area contributed by atoms with Crippen LogP contribution in [0, 0.1) is 0 Å². The summed E-state index contributed by atoms with van der Waals surface area (Å²) in [6.45, 7) is 1.39. The number of piperidine rings is 1. The van der Waals surface area contributed by atoms with Gasteiger partial charge >= 0.3 is 5.69 Å². The fraction of sp³-hybridized carbons (Fsp3) is 0.333. The number of nitrogens with one attached hydrogen (secondary N) is 1. The van der Waals surface area contributed by atoms with Crippen LogP contribution in [-0.4, -0.2) is 52.2 Å². The van der Waals surface area contributed by atoms with Crippen LogP contribution in [0.4, 0.5) is 5.82 Å². The lowest BCUT2D eigenvalue weighted by atomic mass is 9.96. The van der Waals surface area contributed by atoms with E-state index in [1.807, 2.05) is 29.3 Å². The number of aromatic nitrogens is 8. The third kappa shape index (κ3) is 3.00. The van der Waals surface area contributed by atoms with Gasteiger partial charge in [0.05, 0.1) is 0 Å². The van der Waals surface area contributed by atoms with E-state index in [1.54, 1.807) is 15.4 Å². The summed E-state index contributed by atoms with van der Waals surface area (Å²) in [5.74, 6) is 2.24. The molecule has 1 aliphatic heterocycles. The molecule has 0 saturated carbocycles. The molecule has 148 valence electrons. The molecule has 11 nitrogen and oxygen atoms in total. The molecule has 1 fully saturated rings. The largest absolute Gasteiger partial charge is 0.358 e. The Kier molecular flexibility index (Phi) is 4.00. The van der Waals surface area contributed by atoms with Gasteiger partial charge in [-0.05, 0) is 31.0 Å². The van der Waals surface area contributed by atoms with Crippen molar-refractivity contribution in [2.45, 2.75) is 18.8 Å². The van der Waals surface area contributed by atoms with Crippen molar-refractivity contribution in [3.8, 4) is 5.82 Å². The molecule has 0 aliphatic carbocycles. The van der Waals surface area contributed by atoms with Crippen LogP contribution in [-0.2, 0) is 7.05 Å². The van der Waals surface area contributed by atoms with Crippen molar-refractivity contribution in [2.75, 3.05) is 18.0 Å². The smallest absolute Gasteiger partial charge is 0.329 e. The number of aromatic amines is 1. The number of anilines is 1. The Hall–Kier alpha value is -3.76. The molecular weight excluding hydrogens is 374 g/mol. The van der Waals surface area contributed by atoms with Gasteiger partial charge in [0, 0.05) is 44.5 Å². The number of hydrogen-bond donors (Lipinski definition) is 1. The molecule has 0 unspecified atom stereocenters. The van der Waals surface area contributed by atoms with Gasteiger partial charge in [-0.3, -0.25) is 14.3 Å². The molecule has 29 heavy (non-hydrogen) atoms. The number of H-pyrrole nitrogens is 1. The van der Waals surface area contributed by atoms with E-state index < -0.39 is 5.69 Å². The van der Waals surface area contributed by atoms with E-state index in [9.17, 15) is 9.59 Å². The van der Waals surface area contributed by atoms with Gasteiger partial charge in [-0.2, -0.15) is 9.61 Å². The molecule has 4 aromatic rings. The second-order valence-electron chi connectivity index (χ2n) is 7.09. The summed E-state index contributed by atoms with van der Waals surface area (Å²) in [5, 5.41) is 17.5. The van der Waals surface area contributed by atoms with Gasteiger partial charge < -0.3 is 4.90 Å². The molecule has 0 aromatic carbocycles. The van der Waals surface area contributed by atoms with Crippen molar-refractivity contribution in [3.05, 3.63) is 63.3 Å². The first kappa shape index (κ1) is 17.3. The molecule has 11 heteroatoms. The summed E-state index contributed by atoms with van der Waals surface area (Å²) < 4.78 is 4.52. The summed E-state index contributed by atoms with van der Waals surface area (Å²) in [6, 6.07) is 7.04. The minimum absolute atomic E-state index is 0.180. The minimum atomic E-state index is -0.409. The zero-order valence-electron chi connectivity index (χ0n) is 15.8. The van der Waals surface area contributed by atoms with E-state index in [1.165, 1.54) is 13.1 Å². The first-order valence-corrected chi connectivity index (χ1v) is 9.38. The number of hydrogen-bond acceptors (Lipinski definition) is 7. The SMILES string of the molecule is Cn1c(=O)cc(N2CCC(c3nnc4ccc(-n5cccn5)nn34)CC2)[nH]c1=O. The lowest BCUT2D eigenvalue weighted by Crippen LogP contribution is -2.39. The Morgan fingerprint density at radius 3 is 2.69 bits per heavy atom. The topological polar surface area (TPSA) is 119 Å². The average Bonchev–Trinajstić information content (AvgIpc) is 3.41. The summed E-state index contributed by atoms with van der Waals surface area (Å²) in [6.07, 6.45) is 5.16. The molecule has 0 spiro atoms. The third-order valence-electron chi connectivity index (χ3n) is 5.34. The van der Waals surface area contributed by atoms with Gasteiger partial charge in [0.25, 0.3) is 5.56 Å². The van der Waals surface area contributed by atoms with E-state index in [0.29, 0.717) is 30.4 Å². The van der Waals surface area contributed by atoms with Crippen LogP contribution >= 0.6 is 0 Å². The van der Waals surface area contributed by atoms with Crippen molar-refractivity contribution in [1.82, 2.24) is 39.1 Å². The van der Waals surface area contributed by atoms with E-state index in [0.717, 1.165) is 23.2 Å². The highest BCUT2D eigenvalue weighted by atomic mass is 16.2. The highest BCUT2D eigenvalue weighted by Crippen LogP contribution is 2.28. The maximum Gasteiger partial charge on any atom is 0.329 e. The monoisotopic (exact) mass is 393 g/mol. The molecule has 0 atom stereocenters. The zero-order valence-corrected chi connectivity index (χ0v) is 15.8. The van der Waals surface area contributed by atoms with Crippen molar-refractivity contribution >= 4 is 11.5 Å². The molecule has 0 bridgehead atoms. The predicted molar refractivity (Wildman–Crippen MR) is 104 cm³/mol. The van der Waals surface area contributed by atoms with Crippen LogP contribution < -0.4 is 16.1 Å². The van der Waals surface area contributed by atoms with E-state index in [4.69, 9.17) is 0 Å². The molecule has 0 radical (unpaired) electrons.